The Kier molecular flexibility index (Phi) is 6.18. The molecule has 1 aliphatic heterocycles. The highest BCUT2D eigenvalue weighted by atomic mass is 16.5. The third-order valence-corrected chi connectivity index (χ3v) is 6.36. The molecule has 0 spiro atoms. The van der Waals surface area contributed by atoms with Gasteiger partial charge in [0.05, 0.1) is 19.7 Å². The van der Waals surface area contributed by atoms with E-state index in [4.69, 9.17) is 9.47 Å². The Morgan fingerprint density at radius 2 is 1.69 bits per heavy atom. The number of carbonyl (C=O) groups excluding carboxylic acids is 2. The van der Waals surface area contributed by atoms with Gasteiger partial charge >= 0.3 is 0 Å². The Morgan fingerprint density at radius 1 is 0.914 bits per heavy atom. The third kappa shape index (κ3) is 4.47. The van der Waals surface area contributed by atoms with E-state index in [1.54, 1.807) is 20.3 Å². The van der Waals surface area contributed by atoms with Gasteiger partial charge in [0.25, 0.3) is 0 Å². The Balaban J connectivity index is 1.61. The molecule has 2 aliphatic rings. The van der Waals surface area contributed by atoms with Crippen molar-refractivity contribution in [3.8, 4) is 11.5 Å². The molecule has 178 valence electrons. The molecule has 1 aliphatic carbocycles. The van der Waals surface area contributed by atoms with Crippen molar-refractivity contribution in [2.75, 3.05) is 37.5 Å². The number of hydrogen-bond donors (Lipinski definition) is 1. The van der Waals surface area contributed by atoms with Gasteiger partial charge in [0, 0.05) is 47.1 Å². The monoisotopic (exact) mass is 470 g/mol. The van der Waals surface area contributed by atoms with Crippen LogP contribution in [0.1, 0.15) is 24.8 Å². The highest BCUT2D eigenvalue weighted by Gasteiger charge is 2.22. The number of piperidine rings is 1. The second kappa shape index (κ2) is 9.58. The number of ether oxygens (including phenoxy) is 2. The van der Waals surface area contributed by atoms with Gasteiger partial charge in [-0.25, -0.2) is 9.97 Å². The van der Waals surface area contributed by atoms with Gasteiger partial charge in [-0.1, -0.05) is 0 Å². The number of allylic oxidation sites excluding steroid dienone is 4. The first-order valence-electron chi connectivity index (χ1n) is 11.6. The summed E-state index contributed by atoms with van der Waals surface area (Å²) in [7, 11) is 3.15. The number of anilines is 3. The van der Waals surface area contributed by atoms with Crippen molar-refractivity contribution >= 4 is 45.2 Å². The minimum absolute atomic E-state index is 0.206. The number of carbonyl (C=O) groups is 2. The fourth-order valence-corrected chi connectivity index (χ4v) is 4.54. The van der Waals surface area contributed by atoms with E-state index in [9.17, 15) is 9.59 Å². The normalized spacial score (nSPS) is 15.8. The molecular formula is C27H26N4O4. The maximum Gasteiger partial charge on any atom is 0.186 e. The Hall–Kier alpha value is -4.20. The summed E-state index contributed by atoms with van der Waals surface area (Å²) in [6.07, 6.45) is 8.98. The smallest absolute Gasteiger partial charge is 0.186 e. The standard InChI is InChI=1S/C27H26N4O4/c1-34-25-14-21-23(15-26(25)35-2)28-16-29-27(21)30-22-8-6-17(31-10-4-3-5-11-31)12-19(22)20-13-18(32)7-9-24(20)33/h6-9,12-16H,3-5,10-11H2,1-2H3,(H,28,29,30). The van der Waals surface area contributed by atoms with E-state index in [0.717, 1.165) is 37.0 Å². The molecule has 1 fully saturated rings. The Bertz CT molecular complexity index is 1370. The van der Waals surface area contributed by atoms with Crippen LogP contribution in [-0.4, -0.2) is 48.8 Å². The molecule has 8 heteroatoms. The number of nitrogens with one attached hydrogen (secondary N) is 1. The van der Waals surface area contributed by atoms with E-state index in [2.05, 4.69) is 20.2 Å². The van der Waals surface area contributed by atoms with Crippen molar-refractivity contribution in [3.05, 3.63) is 60.5 Å². The number of fused-ring (bicyclic) bond motifs is 1. The number of benzene rings is 2. The van der Waals surface area contributed by atoms with Gasteiger partial charge in [-0.3, -0.25) is 9.59 Å². The largest absolute Gasteiger partial charge is 0.493 e. The summed E-state index contributed by atoms with van der Waals surface area (Å²) in [5.41, 5.74) is 3.39. The third-order valence-electron chi connectivity index (χ3n) is 6.36. The highest BCUT2D eigenvalue weighted by molar-refractivity contribution is 6.34. The maximum atomic E-state index is 12.8. The first-order chi connectivity index (χ1) is 17.1. The molecule has 35 heavy (non-hydrogen) atoms. The predicted octanol–water partition coefficient (Wildman–Crippen LogP) is 4.47. The van der Waals surface area contributed by atoms with Crippen LogP contribution in [0.15, 0.2) is 54.9 Å². The molecule has 0 saturated carbocycles. The van der Waals surface area contributed by atoms with E-state index in [1.165, 1.54) is 31.0 Å². The lowest BCUT2D eigenvalue weighted by Crippen LogP contribution is -2.29. The second-order valence-corrected chi connectivity index (χ2v) is 8.51. The lowest BCUT2D eigenvalue weighted by Gasteiger charge is -2.30. The summed E-state index contributed by atoms with van der Waals surface area (Å²) in [5.74, 6) is 1.26. The van der Waals surface area contributed by atoms with Gasteiger partial charge in [-0.2, -0.15) is 0 Å². The topological polar surface area (TPSA) is 93.7 Å². The molecule has 2 aromatic carbocycles. The molecule has 8 nitrogen and oxygen atoms in total. The number of methoxy groups -OCH3 is 2. The molecule has 0 radical (unpaired) electrons. The van der Waals surface area contributed by atoms with Gasteiger partial charge in [0.15, 0.2) is 23.1 Å². The molecule has 1 N–H and O–H groups in total. The van der Waals surface area contributed by atoms with Crippen LogP contribution in [-0.2, 0) is 9.59 Å². The SMILES string of the molecule is COc1cc2ncnc(Nc3ccc(N4CCCCC4)cc3C3=CC(=O)C=CC3=O)c2cc1OC. The van der Waals surface area contributed by atoms with Gasteiger partial charge in [-0.15, -0.1) is 0 Å². The van der Waals surface area contributed by atoms with E-state index in [-0.39, 0.29) is 11.6 Å². The second-order valence-electron chi connectivity index (χ2n) is 8.51. The molecule has 0 unspecified atom stereocenters. The van der Waals surface area contributed by atoms with Crippen LogP contribution in [0.5, 0.6) is 11.5 Å². The van der Waals surface area contributed by atoms with Crippen LogP contribution in [0.25, 0.3) is 16.5 Å². The Labute approximate surface area is 203 Å². The van der Waals surface area contributed by atoms with Gasteiger partial charge < -0.3 is 19.7 Å². The predicted molar refractivity (Wildman–Crippen MR) is 136 cm³/mol. The Morgan fingerprint density at radius 3 is 2.46 bits per heavy atom. The first kappa shape index (κ1) is 22.6. The van der Waals surface area contributed by atoms with Crippen LogP contribution < -0.4 is 19.7 Å². The maximum absolute atomic E-state index is 12.8. The molecule has 1 aromatic heterocycles. The molecule has 0 amide bonds. The molecule has 3 aromatic rings. The van der Waals surface area contributed by atoms with Crippen molar-refractivity contribution in [1.29, 1.82) is 0 Å². The molecule has 2 heterocycles. The lowest BCUT2D eigenvalue weighted by atomic mass is 9.94. The van der Waals surface area contributed by atoms with Crippen molar-refractivity contribution in [2.45, 2.75) is 19.3 Å². The lowest BCUT2D eigenvalue weighted by molar-refractivity contribution is -0.113. The summed E-state index contributed by atoms with van der Waals surface area (Å²) in [6.45, 7) is 1.94. The van der Waals surface area contributed by atoms with Gasteiger partial charge in [0.1, 0.15) is 12.1 Å². The van der Waals surface area contributed by atoms with E-state index >= 15 is 0 Å². The number of ketones is 2. The molecule has 1 saturated heterocycles. The minimum Gasteiger partial charge on any atom is -0.493 e. The van der Waals surface area contributed by atoms with E-state index in [0.29, 0.717) is 39.7 Å². The zero-order chi connectivity index (χ0) is 24.4. The summed E-state index contributed by atoms with van der Waals surface area (Å²) in [6, 6.07) is 9.56. The van der Waals surface area contributed by atoms with Crippen molar-refractivity contribution < 1.29 is 19.1 Å². The number of nitrogens with zero attached hydrogens (tertiary/aromatic N) is 3. The van der Waals surface area contributed by atoms with Crippen LogP contribution in [0.4, 0.5) is 17.2 Å². The van der Waals surface area contributed by atoms with Crippen LogP contribution >= 0.6 is 0 Å². The van der Waals surface area contributed by atoms with Gasteiger partial charge in [0.2, 0.25) is 0 Å². The van der Waals surface area contributed by atoms with E-state index in [1.807, 2.05) is 24.3 Å². The van der Waals surface area contributed by atoms with Crippen LogP contribution in [0.2, 0.25) is 0 Å². The summed E-state index contributed by atoms with van der Waals surface area (Å²) >= 11 is 0. The fraction of sp³-hybridized carbons (Fsp3) is 0.259. The van der Waals surface area contributed by atoms with Crippen LogP contribution in [0.3, 0.4) is 0 Å². The quantitative estimate of drug-likeness (QED) is 0.528. The average molecular weight is 471 g/mol. The molecule has 5 rings (SSSR count). The molecule has 0 bridgehead atoms. The number of rotatable bonds is 6. The first-order valence-corrected chi connectivity index (χ1v) is 11.6. The average Bonchev–Trinajstić information content (AvgIpc) is 2.90. The number of hydrogen-bond acceptors (Lipinski definition) is 8. The minimum atomic E-state index is -0.210. The number of aromatic nitrogens is 2. The van der Waals surface area contributed by atoms with Crippen molar-refractivity contribution in [3.63, 3.8) is 0 Å². The summed E-state index contributed by atoms with van der Waals surface area (Å²) in [4.78, 5) is 36.1. The van der Waals surface area contributed by atoms with Crippen molar-refractivity contribution in [1.82, 2.24) is 9.97 Å². The zero-order valence-electron chi connectivity index (χ0n) is 19.7. The van der Waals surface area contributed by atoms with Crippen LogP contribution in [0, 0.1) is 0 Å². The fourth-order valence-electron chi connectivity index (χ4n) is 4.54. The molecular weight excluding hydrogens is 444 g/mol. The molecule has 0 atom stereocenters. The van der Waals surface area contributed by atoms with Gasteiger partial charge in [-0.05, 0) is 61.8 Å². The van der Waals surface area contributed by atoms with E-state index < -0.39 is 0 Å². The highest BCUT2D eigenvalue weighted by Crippen LogP contribution is 2.37. The summed E-state index contributed by atoms with van der Waals surface area (Å²) < 4.78 is 10.9. The van der Waals surface area contributed by atoms with Crippen molar-refractivity contribution in [2.24, 2.45) is 0 Å². The summed E-state index contributed by atoms with van der Waals surface area (Å²) in [5, 5.41) is 4.11. The zero-order valence-corrected chi connectivity index (χ0v) is 19.7.